The average molecular weight is 278 g/mol. The molecule has 0 saturated carbocycles. The number of hydrogen-bond donors (Lipinski definition) is 0. The summed E-state index contributed by atoms with van der Waals surface area (Å²) in [7, 11) is 1.65. The molecule has 0 aliphatic carbocycles. The first-order valence-corrected chi connectivity index (χ1v) is 6.65. The van der Waals surface area contributed by atoms with Crippen LogP contribution >= 0.6 is 0 Å². The molecule has 1 heterocycles. The zero-order valence-corrected chi connectivity index (χ0v) is 11.8. The summed E-state index contributed by atoms with van der Waals surface area (Å²) in [6, 6.07) is 14.4. The lowest BCUT2D eigenvalue weighted by molar-refractivity contribution is 0.103. The molecule has 2 aromatic carbocycles. The van der Waals surface area contributed by atoms with Crippen LogP contribution in [0.1, 0.15) is 21.6 Å². The van der Waals surface area contributed by atoms with Crippen molar-refractivity contribution in [2.45, 2.75) is 6.92 Å². The van der Waals surface area contributed by atoms with Crippen molar-refractivity contribution in [3.63, 3.8) is 0 Å². The van der Waals surface area contributed by atoms with E-state index in [-0.39, 0.29) is 17.0 Å². The monoisotopic (exact) mass is 278 g/mol. The molecule has 0 aliphatic heterocycles. The maximum absolute atomic E-state index is 12.5. The Morgan fingerprint density at radius 2 is 1.71 bits per heavy atom. The lowest BCUT2D eigenvalue weighted by atomic mass is 10.1. The minimum absolute atomic E-state index is 0.0416. The average Bonchev–Trinajstić information content (AvgIpc) is 2.51. The molecule has 0 aliphatic rings. The Balaban J connectivity index is 2.20. The molecule has 0 bridgehead atoms. The number of benzene rings is 2. The maximum atomic E-state index is 12.5. The number of nitrogens with zero attached hydrogens (tertiary/aromatic N) is 2. The Kier molecular flexibility index (Phi) is 3.14. The van der Waals surface area contributed by atoms with Crippen molar-refractivity contribution in [2.75, 3.05) is 0 Å². The van der Waals surface area contributed by atoms with Crippen LogP contribution in [0, 0.1) is 6.92 Å². The molecule has 0 fully saturated rings. The SMILES string of the molecule is Cc1ccc(C(=O)c2nc3ccccc3n(C)c2=O)cc1. The van der Waals surface area contributed by atoms with Crippen molar-refractivity contribution in [3.05, 3.63) is 75.7 Å². The van der Waals surface area contributed by atoms with Gasteiger partial charge < -0.3 is 4.57 Å². The normalized spacial score (nSPS) is 10.8. The Labute approximate surface area is 121 Å². The third-order valence-corrected chi connectivity index (χ3v) is 3.51. The minimum atomic E-state index is -0.376. The van der Waals surface area contributed by atoms with Crippen LogP contribution in [0.4, 0.5) is 0 Å². The van der Waals surface area contributed by atoms with E-state index < -0.39 is 0 Å². The van der Waals surface area contributed by atoms with E-state index in [0.717, 1.165) is 5.56 Å². The van der Waals surface area contributed by atoms with E-state index in [4.69, 9.17) is 0 Å². The smallest absolute Gasteiger partial charge is 0.280 e. The van der Waals surface area contributed by atoms with Gasteiger partial charge in [0, 0.05) is 12.6 Å². The first-order valence-electron chi connectivity index (χ1n) is 6.65. The Morgan fingerprint density at radius 3 is 2.43 bits per heavy atom. The molecule has 0 amide bonds. The number of fused-ring (bicyclic) bond motifs is 1. The molecular weight excluding hydrogens is 264 g/mol. The summed E-state index contributed by atoms with van der Waals surface area (Å²) in [6.45, 7) is 1.95. The summed E-state index contributed by atoms with van der Waals surface area (Å²) in [6.07, 6.45) is 0. The summed E-state index contributed by atoms with van der Waals surface area (Å²) in [5.41, 5.74) is 2.46. The summed E-state index contributed by atoms with van der Waals surface area (Å²) >= 11 is 0. The van der Waals surface area contributed by atoms with Gasteiger partial charge >= 0.3 is 0 Å². The summed E-state index contributed by atoms with van der Waals surface area (Å²) in [5.74, 6) is -0.346. The van der Waals surface area contributed by atoms with Gasteiger partial charge in [-0.1, -0.05) is 42.0 Å². The first kappa shape index (κ1) is 13.2. The number of para-hydroxylation sites is 2. The number of rotatable bonds is 2. The van der Waals surface area contributed by atoms with Crippen LogP contribution < -0.4 is 5.56 Å². The molecule has 21 heavy (non-hydrogen) atoms. The quantitative estimate of drug-likeness (QED) is 0.677. The molecule has 0 N–H and O–H groups in total. The van der Waals surface area contributed by atoms with Gasteiger partial charge in [0.05, 0.1) is 11.0 Å². The highest BCUT2D eigenvalue weighted by Crippen LogP contribution is 2.12. The highest BCUT2D eigenvalue weighted by atomic mass is 16.1. The highest BCUT2D eigenvalue weighted by molar-refractivity contribution is 6.08. The number of ketones is 1. The van der Waals surface area contributed by atoms with Crippen molar-refractivity contribution in [1.82, 2.24) is 9.55 Å². The molecular formula is C17H14N2O2. The third kappa shape index (κ3) is 2.25. The van der Waals surface area contributed by atoms with Crippen molar-refractivity contribution >= 4 is 16.8 Å². The number of hydrogen-bond acceptors (Lipinski definition) is 3. The lowest BCUT2D eigenvalue weighted by Gasteiger charge is -2.07. The van der Waals surface area contributed by atoms with Gasteiger partial charge in [-0.15, -0.1) is 0 Å². The van der Waals surface area contributed by atoms with Crippen LogP contribution in [0.2, 0.25) is 0 Å². The second-order valence-corrected chi connectivity index (χ2v) is 5.01. The van der Waals surface area contributed by atoms with Crippen LogP contribution in [0.15, 0.2) is 53.3 Å². The van der Waals surface area contributed by atoms with E-state index in [1.807, 2.05) is 37.3 Å². The molecule has 0 unspecified atom stereocenters. The molecule has 0 radical (unpaired) electrons. The number of aromatic nitrogens is 2. The van der Waals surface area contributed by atoms with Crippen molar-refractivity contribution < 1.29 is 4.79 Å². The summed E-state index contributed by atoms with van der Waals surface area (Å²) in [5, 5.41) is 0. The van der Waals surface area contributed by atoms with Crippen LogP contribution in [-0.4, -0.2) is 15.3 Å². The van der Waals surface area contributed by atoms with Gasteiger partial charge in [-0.05, 0) is 19.1 Å². The van der Waals surface area contributed by atoms with Gasteiger partial charge in [0.15, 0.2) is 5.69 Å². The fraction of sp³-hybridized carbons (Fsp3) is 0.118. The molecule has 4 nitrogen and oxygen atoms in total. The maximum Gasteiger partial charge on any atom is 0.280 e. The van der Waals surface area contributed by atoms with Crippen LogP contribution in [0.3, 0.4) is 0 Å². The van der Waals surface area contributed by atoms with Gasteiger partial charge in [0.1, 0.15) is 0 Å². The predicted molar refractivity (Wildman–Crippen MR) is 81.6 cm³/mol. The van der Waals surface area contributed by atoms with E-state index in [0.29, 0.717) is 16.6 Å². The van der Waals surface area contributed by atoms with Gasteiger partial charge in [0.25, 0.3) is 5.56 Å². The van der Waals surface area contributed by atoms with Gasteiger partial charge in [-0.2, -0.15) is 0 Å². The first-order chi connectivity index (χ1) is 10.1. The van der Waals surface area contributed by atoms with E-state index in [1.165, 1.54) is 4.57 Å². The Morgan fingerprint density at radius 1 is 1.05 bits per heavy atom. The van der Waals surface area contributed by atoms with Gasteiger partial charge in [-0.25, -0.2) is 4.98 Å². The second kappa shape index (κ2) is 4.98. The van der Waals surface area contributed by atoms with E-state index in [1.54, 1.807) is 25.2 Å². The Bertz CT molecular complexity index is 893. The van der Waals surface area contributed by atoms with E-state index in [9.17, 15) is 9.59 Å². The molecule has 3 rings (SSSR count). The molecule has 104 valence electrons. The van der Waals surface area contributed by atoms with Crippen molar-refractivity contribution in [1.29, 1.82) is 0 Å². The summed E-state index contributed by atoms with van der Waals surface area (Å²) in [4.78, 5) is 29.1. The third-order valence-electron chi connectivity index (χ3n) is 3.51. The highest BCUT2D eigenvalue weighted by Gasteiger charge is 2.17. The largest absolute Gasteiger partial charge is 0.308 e. The van der Waals surface area contributed by atoms with Gasteiger partial charge in [-0.3, -0.25) is 9.59 Å². The molecule has 3 aromatic rings. The predicted octanol–water partition coefficient (Wildman–Crippen LogP) is 2.47. The number of carbonyl (C=O) groups excluding carboxylic acids is 1. The van der Waals surface area contributed by atoms with Crippen LogP contribution in [-0.2, 0) is 7.05 Å². The molecule has 1 aromatic heterocycles. The van der Waals surface area contributed by atoms with Crippen LogP contribution in [0.5, 0.6) is 0 Å². The minimum Gasteiger partial charge on any atom is -0.308 e. The lowest BCUT2D eigenvalue weighted by Crippen LogP contribution is -2.27. The molecule has 0 saturated heterocycles. The molecule has 0 spiro atoms. The molecule has 0 atom stereocenters. The zero-order chi connectivity index (χ0) is 15.0. The van der Waals surface area contributed by atoms with Crippen LogP contribution in [0.25, 0.3) is 11.0 Å². The standard InChI is InChI=1S/C17H14N2O2/c1-11-7-9-12(10-8-11)16(20)15-17(21)19(2)14-6-4-3-5-13(14)18-15/h3-10H,1-2H3. The van der Waals surface area contributed by atoms with Crippen molar-refractivity contribution in [3.8, 4) is 0 Å². The fourth-order valence-corrected chi connectivity index (χ4v) is 2.27. The topological polar surface area (TPSA) is 52.0 Å². The van der Waals surface area contributed by atoms with E-state index in [2.05, 4.69) is 4.98 Å². The number of carbonyl (C=O) groups is 1. The van der Waals surface area contributed by atoms with Crippen molar-refractivity contribution in [2.24, 2.45) is 7.05 Å². The summed E-state index contributed by atoms with van der Waals surface area (Å²) < 4.78 is 1.46. The zero-order valence-electron chi connectivity index (χ0n) is 11.8. The molecule has 4 heteroatoms. The van der Waals surface area contributed by atoms with E-state index >= 15 is 0 Å². The number of aryl methyl sites for hydroxylation is 2. The second-order valence-electron chi connectivity index (χ2n) is 5.01. The van der Waals surface area contributed by atoms with Gasteiger partial charge in [0.2, 0.25) is 5.78 Å². The fourth-order valence-electron chi connectivity index (χ4n) is 2.27. The Hall–Kier alpha value is -2.75.